The van der Waals surface area contributed by atoms with Crippen LogP contribution in [0, 0.1) is 5.82 Å². The van der Waals surface area contributed by atoms with Gasteiger partial charge in [-0.25, -0.2) is 4.39 Å². The Labute approximate surface area is 103 Å². The predicted molar refractivity (Wildman–Crippen MR) is 67.2 cm³/mol. The molecule has 3 nitrogen and oxygen atoms in total. The van der Waals surface area contributed by atoms with Crippen LogP contribution >= 0.6 is 0 Å². The fraction of sp³-hybridized carbons (Fsp3) is 0.0714. The summed E-state index contributed by atoms with van der Waals surface area (Å²) in [7, 11) is 0. The highest BCUT2D eigenvalue weighted by molar-refractivity contribution is 5.81. The van der Waals surface area contributed by atoms with Gasteiger partial charge in [-0.1, -0.05) is 0 Å². The largest absolute Gasteiger partial charge is 0.367 e. The topological polar surface area (TPSA) is 48.6 Å². The number of hydrogen-bond donors (Lipinski definition) is 2. The highest BCUT2D eigenvalue weighted by Gasteiger charge is 2.07. The normalized spacial score (nSPS) is 10.9. The van der Waals surface area contributed by atoms with Crippen LogP contribution in [0.4, 0.5) is 4.39 Å². The van der Waals surface area contributed by atoms with Gasteiger partial charge in [-0.3, -0.25) is 4.79 Å². The number of fused-ring (bicyclic) bond motifs is 1. The van der Waals surface area contributed by atoms with Crippen LogP contribution in [-0.2, 0) is 6.42 Å². The third kappa shape index (κ3) is 1.82. The van der Waals surface area contributed by atoms with Gasteiger partial charge in [-0.15, -0.1) is 0 Å². The Hall–Kier alpha value is -2.36. The van der Waals surface area contributed by atoms with Gasteiger partial charge in [0.05, 0.1) is 0 Å². The molecule has 90 valence electrons. The molecule has 4 heteroatoms. The summed E-state index contributed by atoms with van der Waals surface area (Å²) >= 11 is 0. The maximum Gasteiger partial charge on any atom is 0.151 e. The second-order valence-electron chi connectivity index (χ2n) is 4.26. The smallest absolute Gasteiger partial charge is 0.151 e. The quantitative estimate of drug-likeness (QED) is 0.681. The number of aromatic nitrogens is 2. The Balaban J connectivity index is 1.98. The van der Waals surface area contributed by atoms with Gasteiger partial charge in [0, 0.05) is 41.0 Å². The van der Waals surface area contributed by atoms with E-state index in [1.807, 2.05) is 6.07 Å². The third-order valence-corrected chi connectivity index (χ3v) is 3.01. The van der Waals surface area contributed by atoms with Crippen molar-refractivity contribution in [3.8, 4) is 0 Å². The van der Waals surface area contributed by atoms with Crippen LogP contribution in [0.5, 0.6) is 0 Å². The van der Waals surface area contributed by atoms with E-state index >= 15 is 0 Å². The summed E-state index contributed by atoms with van der Waals surface area (Å²) in [5.74, 6) is -0.247. The molecule has 0 aliphatic rings. The fourth-order valence-electron chi connectivity index (χ4n) is 2.13. The number of aromatic amines is 2. The predicted octanol–water partition coefficient (Wildman–Crippen LogP) is 3.04. The molecule has 0 saturated heterocycles. The summed E-state index contributed by atoms with van der Waals surface area (Å²) in [6.45, 7) is 0. The lowest BCUT2D eigenvalue weighted by molar-refractivity contribution is 0.112. The summed E-state index contributed by atoms with van der Waals surface area (Å²) in [6, 6.07) is 6.54. The molecule has 0 bridgehead atoms. The van der Waals surface area contributed by atoms with Crippen molar-refractivity contribution in [2.24, 2.45) is 0 Å². The zero-order valence-electron chi connectivity index (χ0n) is 9.53. The molecule has 0 aliphatic heterocycles. The number of hydrogen-bond acceptors (Lipinski definition) is 1. The molecule has 2 N–H and O–H groups in total. The maximum atomic E-state index is 13.1. The molecule has 0 radical (unpaired) electrons. The Morgan fingerprint density at radius 1 is 1.22 bits per heavy atom. The van der Waals surface area contributed by atoms with Gasteiger partial charge < -0.3 is 9.97 Å². The van der Waals surface area contributed by atoms with Crippen molar-refractivity contribution in [3.63, 3.8) is 0 Å². The number of nitrogens with one attached hydrogen (secondary N) is 2. The van der Waals surface area contributed by atoms with Gasteiger partial charge in [0.2, 0.25) is 0 Å². The van der Waals surface area contributed by atoms with Crippen molar-refractivity contribution in [3.05, 3.63) is 59.3 Å². The molecule has 2 aromatic heterocycles. The van der Waals surface area contributed by atoms with E-state index < -0.39 is 0 Å². The number of benzene rings is 1. The molecular weight excluding hydrogens is 231 g/mol. The van der Waals surface area contributed by atoms with E-state index in [0.29, 0.717) is 12.0 Å². The van der Waals surface area contributed by atoms with Crippen LogP contribution in [0.25, 0.3) is 10.9 Å². The lowest BCUT2D eigenvalue weighted by Gasteiger charge is -1.95. The molecule has 18 heavy (non-hydrogen) atoms. The first-order valence-electron chi connectivity index (χ1n) is 5.64. The first-order valence-corrected chi connectivity index (χ1v) is 5.64. The van der Waals surface area contributed by atoms with E-state index in [2.05, 4.69) is 9.97 Å². The van der Waals surface area contributed by atoms with Crippen molar-refractivity contribution in [2.75, 3.05) is 0 Å². The SMILES string of the molecule is O=Cc1c[nH]cc1Cc1cc2cc(F)ccc2[nH]1. The van der Waals surface area contributed by atoms with Crippen LogP contribution in [-0.4, -0.2) is 16.3 Å². The number of rotatable bonds is 3. The summed E-state index contributed by atoms with van der Waals surface area (Å²) in [6.07, 6.45) is 4.92. The van der Waals surface area contributed by atoms with Crippen molar-refractivity contribution < 1.29 is 9.18 Å². The lowest BCUT2D eigenvalue weighted by atomic mass is 10.1. The van der Waals surface area contributed by atoms with Crippen LogP contribution in [0.1, 0.15) is 21.6 Å². The van der Waals surface area contributed by atoms with E-state index in [9.17, 15) is 9.18 Å². The average Bonchev–Trinajstić information content (AvgIpc) is 2.94. The molecule has 2 heterocycles. The van der Waals surface area contributed by atoms with Gasteiger partial charge in [0.15, 0.2) is 6.29 Å². The molecule has 0 spiro atoms. The molecule has 0 atom stereocenters. The number of carbonyl (C=O) groups excluding carboxylic acids is 1. The van der Waals surface area contributed by atoms with Gasteiger partial charge >= 0.3 is 0 Å². The molecule has 1 aromatic carbocycles. The standard InChI is InChI=1S/C14H11FN2O/c15-12-1-2-14-9(3-12)4-13(17-14)5-10-6-16-7-11(10)8-18/h1-4,6-8,16-17H,5H2. The molecule has 0 fully saturated rings. The summed E-state index contributed by atoms with van der Waals surface area (Å²) in [4.78, 5) is 16.9. The second-order valence-corrected chi connectivity index (χ2v) is 4.26. The number of aldehydes is 1. The molecule has 0 aliphatic carbocycles. The zero-order chi connectivity index (χ0) is 12.5. The zero-order valence-corrected chi connectivity index (χ0v) is 9.53. The molecule has 3 rings (SSSR count). The van der Waals surface area contributed by atoms with E-state index in [1.165, 1.54) is 12.1 Å². The molecule has 0 unspecified atom stereocenters. The number of halogens is 1. The molecule has 0 saturated carbocycles. The van der Waals surface area contributed by atoms with E-state index in [4.69, 9.17) is 0 Å². The van der Waals surface area contributed by atoms with Crippen molar-refractivity contribution >= 4 is 17.2 Å². The Bertz CT molecular complexity index is 711. The van der Waals surface area contributed by atoms with Crippen LogP contribution < -0.4 is 0 Å². The van der Waals surface area contributed by atoms with E-state index in [-0.39, 0.29) is 5.82 Å². The van der Waals surface area contributed by atoms with Crippen molar-refractivity contribution in [2.45, 2.75) is 6.42 Å². The molecule has 3 aromatic rings. The Morgan fingerprint density at radius 2 is 2.11 bits per heavy atom. The van der Waals surface area contributed by atoms with E-state index in [1.54, 1.807) is 18.5 Å². The number of carbonyl (C=O) groups is 1. The number of H-pyrrole nitrogens is 2. The fourth-order valence-corrected chi connectivity index (χ4v) is 2.13. The highest BCUT2D eigenvalue weighted by Crippen LogP contribution is 2.19. The Kier molecular flexibility index (Phi) is 2.48. The third-order valence-electron chi connectivity index (χ3n) is 3.01. The van der Waals surface area contributed by atoms with Gasteiger partial charge in [0.25, 0.3) is 0 Å². The van der Waals surface area contributed by atoms with E-state index in [0.717, 1.165) is 28.4 Å². The van der Waals surface area contributed by atoms with Gasteiger partial charge in [0.1, 0.15) is 5.82 Å². The molecular formula is C14H11FN2O. The minimum atomic E-state index is -0.247. The first kappa shape index (κ1) is 10.8. The summed E-state index contributed by atoms with van der Waals surface area (Å²) in [5, 5.41) is 0.841. The first-order chi connectivity index (χ1) is 8.76. The lowest BCUT2D eigenvalue weighted by Crippen LogP contribution is -1.90. The average molecular weight is 242 g/mol. The van der Waals surface area contributed by atoms with Gasteiger partial charge in [-0.2, -0.15) is 0 Å². The van der Waals surface area contributed by atoms with Crippen molar-refractivity contribution in [1.82, 2.24) is 9.97 Å². The monoisotopic (exact) mass is 242 g/mol. The molecule has 0 amide bonds. The van der Waals surface area contributed by atoms with Crippen LogP contribution in [0.2, 0.25) is 0 Å². The Morgan fingerprint density at radius 3 is 2.94 bits per heavy atom. The minimum absolute atomic E-state index is 0.247. The highest BCUT2D eigenvalue weighted by atomic mass is 19.1. The van der Waals surface area contributed by atoms with Crippen LogP contribution in [0.15, 0.2) is 36.7 Å². The maximum absolute atomic E-state index is 13.1. The second kappa shape index (κ2) is 4.14. The van der Waals surface area contributed by atoms with Crippen LogP contribution in [0.3, 0.4) is 0 Å². The summed E-state index contributed by atoms with van der Waals surface area (Å²) < 4.78 is 13.1. The summed E-state index contributed by atoms with van der Waals surface area (Å²) in [5.41, 5.74) is 3.43. The minimum Gasteiger partial charge on any atom is -0.367 e. The van der Waals surface area contributed by atoms with Gasteiger partial charge in [-0.05, 0) is 29.8 Å². The van der Waals surface area contributed by atoms with Crippen molar-refractivity contribution in [1.29, 1.82) is 0 Å².